The van der Waals surface area contributed by atoms with Gasteiger partial charge >= 0.3 is 0 Å². The maximum absolute atomic E-state index is 5.48. The molecule has 2 aromatic carbocycles. The van der Waals surface area contributed by atoms with Gasteiger partial charge in [0.2, 0.25) is 0 Å². The van der Waals surface area contributed by atoms with E-state index < -0.39 is 0 Å². The molecule has 0 spiro atoms. The summed E-state index contributed by atoms with van der Waals surface area (Å²) in [7, 11) is 3.34. The van der Waals surface area contributed by atoms with Crippen LogP contribution in [0, 0.1) is 0 Å². The molecule has 0 fully saturated rings. The Balaban J connectivity index is 2.34. The molecule has 0 amide bonds. The van der Waals surface area contributed by atoms with Gasteiger partial charge in [0.25, 0.3) is 0 Å². The molecule has 0 bridgehead atoms. The Hall–Kier alpha value is -2.42. The fourth-order valence-corrected chi connectivity index (χ4v) is 2.28. The molecule has 1 unspecified atom stereocenters. The predicted octanol–water partition coefficient (Wildman–Crippen LogP) is 4.43. The van der Waals surface area contributed by atoms with E-state index in [0.29, 0.717) is 0 Å². The molecule has 0 aliphatic heterocycles. The molecule has 0 aliphatic rings. The van der Waals surface area contributed by atoms with Crippen molar-refractivity contribution in [1.29, 1.82) is 0 Å². The summed E-state index contributed by atoms with van der Waals surface area (Å²) < 4.78 is 10.8. The third-order valence-electron chi connectivity index (χ3n) is 3.33. The molecule has 0 radical (unpaired) electrons. The van der Waals surface area contributed by atoms with E-state index in [9.17, 15) is 0 Å². The van der Waals surface area contributed by atoms with E-state index in [1.54, 1.807) is 14.2 Å². The van der Waals surface area contributed by atoms with Crippen LogP contribution in [0.1, 0.15) is 18.0 Å². The van der Waals surface area contributed by atoms with Crippen LogP contribution in [-0.4, -0.2) is 14.2 Å². The Morgan fingerprint density at radius 3 is 2.48 bits per heavy atom. The van der Waals surface area contributed by atoms with Crippen LogP contribution in [0.3, 0.4) is 0 Å². The first-order chi connectivity index (χ1) is 10.3. The zero-order valence-corrected chi connectivity index (χ0v) is 12.5. The Labute approximate surface area is 126 Å². The van der Waals surface area contributed by atoms with Crippen LogP contribution in [0.25, 0.3) is 0 Å². The molecule has 0 heterocycles. The van der Waals surface area contributed by atoms with E-state index >= 15 is 0 Å². The monoisotopic (exact) mass is 283 g/mol. The second-order valence-corrected chi connectivity index (χ2v) is 4.70. The van der Waals surface area contributed by atoms with Gasteiger partial charge in [0.15, 0.2) is 0 Å². The minimum Gasteiger partial charge on any atom is -0.497 e. The first-order valence-electron chi connectivity index (χ1n) is 6.93. The molecular formula is C18H21NO2. The molecule has 110 valence electrons. The Kier molecular flexibility index (Phi) is 5.27. The molecule has 0 saturated heterocycles. The normalized spacial score (nSPS) is 11.5. The van der Waals surface area contributed by atoms with Gasteiger partial charge in [0.1, 0.15) is 11.5 Å². The van der Waals surface area contributed by atoms with Gasteiger partial charge in [0, 0.05) is 11.3 Å². The molecule has 3 nitrogen and oxygen atoms in total. The SMILES string of the molecule is C=CCC(Nc1ccccc1)c1cc(OC)ccc1OC. The van der Waals surface area contributed by atoms with Crippen LogP contribution < -0.4 is 14.8 Å². The number of methoxy groups -OCH3 is 2. The van der Waals surface area contributed by atoms with Crippen LogP contribution in [0.4, 0.5) is 5.69 Å². The van der Waals surface area contributed by atoms with E-state index in [1.807, 2.05) is 54.6 Å². The van der Waals surface area contributed by atoms with Crippen LogP contribution in [0.5, 0.6) is 11.5 Å². The third-order valence-corrected chi connectivity index (χ3v) is 3.33. The minimum atomic E-state index is 0.0787. The van der Waals surface area contributed by atoms with E-state index in [2.05, 4.69) is 11.9 Å². The van der Waals surface area contributed by atoms with Gasteiger partial charge in [-0.2, -0.15) is 0 Å². The van der Waals surface area contributed by atoms with Gasteiger partial charge in [-0.15, -0.1) is 6.58 Å². The van der Waals surface area contributed by atoms with Gasteiger partial charge in [-0.1, -0.05) is 24.3 Å². The lowest BCUT2D eigenvalue weighted by Gasteiger charge is -2.22. The smallest absolute Gasteiger partial charge is 0.124 e. The summed E-state index contributed by atoms with van der Waals surface area (Å²) in [6, 6.07) is 16.0. The van der Waals surface area contributed by atoms with Gasteiger partial charge in [0.05, 0.1) is 20.3 Å². The molecule has 1 atom stereocenters. The number of rotatable bonds is 7. The summed E-state index contributed by atoms with van der Waals surface area (Å²) in [6.45, 7) is 3.85. The zero-order chi connectivity index (χ0) is 15.1. The number of anilines is 1. The molecular weight excluding hydrogens is 262 g/mol. The molecule has 0 aliphatic carbocycles. The second-order valence-electron chi connectivity index (χ2n) is 4.70. The zero-order valence-electron chi connectivity index (χ0n) is 12.5. The maximum atomic E-state index is 5.48. The van der Waals surface area contributed by atoms with Crippen LogP contribution in [-0.2, 0) is 0 Å². The molecule has 1 N–H and O–H groups in total. The summed E-state index contributed by atoms with van der Waals surface area (Å²) in [5.74, 6) is 1.65. The van der Waals surface area contributed by atoms with Crippen molar-refractivity contribution in [2.45, 2.75) is 12.5 Å². The van der Waals surface area contributed by atoms with Gasteiger partial charge in [-0.25, -0.2) is 0 Å². The van der Waals surface area contributed by atoms with Crippen molar-refractivity contribution in [2.75, 3.05) is 19.5 Å². The number of para-hydroxylation sites is 1. The largest absolute Gasteiger partial charge is 0.497 e. The molecule has 0 aromatic heterocycles. The fraction of sp³-hybridized carbons (Fsp3) is 0.222. The molecule has 2 rings (SSSR count). The highest BCUT2D eigenvalue weighted by Gasteiger charge is 2.16. The van der Waals surface area contributed by atoms with E-state index in [-0.39, 0.29) is 6.04 Å². The fourth-order valence-electron chi connectivity index (χ4n) is 2.28. The summed E-state index contributed by atoms with van der Waals surface area (Å²) in [4.78, 5) is 0. The Morgan fingerprint density at radius 2 is 1.86 bits per heavy atom. The highest BCUT2D eigenvalue weighted by atomic mass is 16.5. The lowest BCUT2D eigenvalue weighted by atomic mass is 10.0. The number of nitrogens with one attached hydrogen (secondary N) is 1. The highest BCUT2D eigenvalue weighted by Crippen LogP contribution is 2.33. The quantitative estimate of drug-likeness (QED) is 0.762. The van der Waals surface area contributed by atoms with Crippen LogP contribution in [0.15, 0.2) is 61.2 Å². The Bertz CT molecular complexity index is 581. The summed E-state index contributed by atoms with van der Waals surface area (Å²) in [6.07, 6.45) is 2.69. The van der Waals surface area contributed by atoms with Crippen molar-refractivity contribution in [2.24, 2.45) is 0 Å². The highest BCUT2D eigenvalue weighted by molar-refractivity contribution is 5.49. The number of hydrogen-bond acceptors (Lipinski definition) is 3. The van der Waals surface area contributed by atoms with Crippen molar-refractivity contribution in [3.63, 3.8) is 0 Å². The molecule has 2 aromatic rings. The number of ether oxygens (including phenoxy) is 2. The summed E-state index contributed by atoms with van der Waals surface area (Å²) in [5, 5.41) is 3.52. The van der Waals surface area contributed by atoms with E-state index in [0.717, 1.165) is 29.2 Å². The first kappa shape index (κ1) is 15.0. The summed E-state index contributed by atoms with van der Waals surface area (Å²) in [5.41, 5.74) is 2.12. The van der Waals surface area contributed by atoms with Gasteiger partial charge in [-0.3, -0.25) is 0 Å². The number of hydrogen-bond donors (Lipinski definition) is 1. The first-order valence-corrected chi connectivity index (χ1v) is 6.93. The lowest BCUT2D eigenvalue weighted by molar-refractivity contribution is 0.396. The van der Waals surface area contributed by atoms with Gasteiger partial charge < -0.3 is 14.8 Å². The second kappa shape index (κ2) is 7.39. The minimum absolute atomic E-state index is 0.0787. The van der Waals surface area contributed by atoms with Crippen molar-refractivity contribution in [3.8, 4) is 11.5 Å². The van der Waals surface area contributed by atoms with Crippen LogP contribution >= 0.6 is 0 Å². The average molecular weight is 283 g/mol. The maximum Gasteiger partial charge on any atom is 0.124 e. The molecule has 21 heavy (non-hydrogen) atoms. The van der Waals surface area contributed by atoms with Crippen molar-refractivity contribution >= 4 is 5.69 Å². The lowest BCUT2D eigenvalue weighted by Crippen LogP contribution is -2.11. The van der Waals surface area contributed by atoms with Crippen molar-refractivity contribution in [3.05, 3.63) is 66.7 Å². The number of benzene rings is 2. The van der Waals surface area contributed by atoms with Crippen molar-refractivity contribution in [1.82, 2.24) is 0 Å². The third kappa shape index (κ3) is 3.78. The standard InChI is InChI=1S/C18H21NO2/c1-4-8-17(19-14-9-6-5-7-10-14)16-13-15(20-2)11-12-18(16)21-3/h4-7,9-13,17,19H,1,8H2,2-3H3. The van der Waals surface area contributed by atoms with E-state index in [1.165, 1.54) is 0 Å². The van der Waals surface area contributed by atoms with Crippen molar-refractivity contribution < 1.29 is 9.47 Å². The summed E-state index contributed by atoms with van der Waals surface area (Å²) >= 11 is 0. The van der Waals surface area contributed by atoms with Crippen LogP contribution in [0.2, 0.25) is 0 Å². The topological polar surface area (TPSA) is 30.5 Å². The Morgan fingerprint density at radius 1 is 1.10 bits per heavy atom. The molecule has 3 heteroatoms. The molecule has 0 saturated carbocycles. The average Bonchev–Trinajstić information content (AvgIpc) is 2.55. The predicted molar refractivity (Wildman–Crippen MR) is 87.2 cm³/mol. The van der Waals surface area contributed by atoms with E-state index in [4.69, 9.17) is 9.47 Å². The van der Waals surface area contributed by atoms with Gasteiger partial charge in [-0.05, 0) is 36.8 Å².